The number of nitrogens with zero attached hydrogens (tertiary/aromatic N) is 2. The van der Waals surface area contributed by atoms with Gasteiger partial charge in [-0.3, -0.25) is 4.52 Å². The predicted molar refractivity (Wildman–Crippen MR) is 45.7 cm³/mol. The fraction of sp³-hybridized carbons (Fsp3) is 0. The van der Waals surface area contributed by atoms with Crippen LogP contribution in [-0.2, 0) is 0 Å². The molecule has 0 amide bonds. The van der Waals surface area contributed by atoms with Gasteiger partial charge >= 0.3 is 11.9 Å². The molecular weight excluding hydrogens is 184 g/mol. The number of hydrogen-bond donors (Lipinski definition) is 0. The summed E-state index contributed by atoms with van der Waals surface area (Å²) in [6, 6.07) is 8.59. The molecule has 0 N–H and O–H groups in total. The molecule has 14 heavy (non-hydrogen) atoms. The molecule has 0 bridgehead atoms. The number of hydrogen-bond acceptors (Lipinski definition) is 5. The summed E-state index contributed by atoms with van der Waals surface area (Å²) in [5.41, 5.74) is 0.448. The number of esters is 1. The van der Waals surface area contributed by atoms with Crippen LogP contribution in [0.2, 0.25) is 0 Å². The van der Waals surface area contributed by atoms with Crippen LogP contribution < -0.4 is 4.74 Å². The fourth-order valence-electron chi connectivity index (χ4n) is 0.928. The van der Waals surface area contributed by atoms with E-state index in [1.54, 1.807) is 24.3 Å². The Labute approximate surface area is 79.3 Å². The summed E-state index contributed by atoms with van der Waals surface area (Å²) in [5.74, 6) is -0.511. The maximum Gasteiger partial charge on any atom is 0.345 e. The van der Waals surface area contributed by atoms with E-state index < -0.39 is 5.97 Å². The summed E-state index contributed by atoms with van der Waals surface area (Å²) in [4.78, 5) is 11.4. The van der Waals surface area contributed by atoms with E-state index in [4.69, 9.17) is 4.74 Å². The van der Waals surface area contributed by atoms with E-state index in [-0.39, 0.29) is 5.95 Å². The van der Waals surface area contributed by atoms with E-state index >= 15 is 0 Å². The summed E-state index contributed by atoms with van der Waals surface area (Å²) in [7, 11) is 0. The average molecular weight is 190 g/mol. The Balaban J connectivity index is 2.11. The van der Waals surface area contributed by atoms with Crippen LogP contribution >= 0.6 is 0 Å². The van der Waals surface area contributed by atoms with E-state index in [1.165, 1.54) is 6.20 Å². The van der Waals surface area contributed by atoms with Gasteiger partial charge in [0.05, 0.1) is 5.56 Å². The minimum absolute atomic E-state index is 0.0150. The molecule has 0 aliphatic heterocycles. The zero-order valence-corrected chi connectivity index (χ0v) is 7.08. The first kappa shape index (κ1) is 8.43. The number of carbonyl (C=O) groups excluding carboxylic acids is 1. The summed E-state index contributed by atoms with van der Waals surface area (Å²) in [6.45, 7) is 0. The van der Waals surface area contributed by atoms with Crippen molar-refractivity contribution in [1.29, 1.82) is 0 Å². The van der Waals surface area contributed by atoms with Crippen LogP contribution in [0.15, 0.2) is 41.1 Å². The largest absolute Gasteiger partial charge is 0.386 e. The Kier molecular flexibility index (Phi) is 2.22. The van der Waals surface area contributed by atoms with Crippen LogP contribution in [0, 0.1) is 0 Å². The monoisotopic (exact) mass is 190 g/mol. The van der Waals surface area contributed by atoms with Gasteiger partial charge in [0, 0.05) is 5.27 Å². The molecule has 0 fully saturated rings. The zero-order chi connectivity index (χ0) is 9.80. The highest BCUT2D eigenvalue weighted by Crippen LogP contribution is 2.08. The lowest BCUT2D eigenvalue weighted by Gasteiger charge is -1.97. The molecule has 1 aromatic heterocycles. The Hall–Kier alpha value is -2.17. The molecular formula is C9H6N2O3. The molecule has 0 saturated carbocycles. The van der Waals surface area contributed by atoms with Crippen LogP contribution in [0.5, 0.6) is 5.95 Å². The van der Waals surface area contributed by atoms with E-state index in [0.29, 0.717) is 5.56 Å². The maximum atomic E-state index is 11.4. The van der Waals surface area contributed by atoms with Gasteiger partial charge in [0.1, 0.15) is 6.20 Å². The second-order valence-corrected chi connectivity index (χ2v) is 2.49. The van der Waals surface area contributed by atoms with Gasteiger partial charge in [0.2, 0.25) is 0 Å². The van der Waals surface area contributed by atoms with Crippen molar-refractivity contribution in [3.8, 4) is 5.95 Å². The standard InChI is InChI=1S/C9H6N2O3/c12-9(7-4-2-1-3-5-7)13-8-6-10-11-14-8/h1-6H. The first-order valence-electron chi connectivity index (χ1n) is 3.91. The van der Waals surface area contributed by atoms with Crippen molar-refractivity contribution >= 4 is 5.97 Å². The van der Waals surface area contributed by atoms with E-state index in [0.717, 1.165) is 0 Å². The van der Waals surface area contributed by atoms with Gasteiger partial charge in [-0.25, -0.2) is 4.79 Å². The van der Waals surface area contributed by atoms with Crippen molar-refractivity contribution in [3.63, 3.8) is 0 Å². The molecule has 1 heterocycles. The highest BCUT2D eigenvalue weighted by atomic mass is 16.7. The highest BCUT2D eigenvalue weighted by Gasteiger charge is 2.09. The fourth-order valence-corrected chi connectivity index (χ4v) is 0.928. The minimum Gasteiger partial charge on any atom is -0.386 e. The molecule has 0 atom stereocenters. The molecule has 0 spiro atoms. The van der Waals surface area contributed by atoms with Crippen molar-refractivity contribution in [2.45, 2.75) is 0 Å². The Bertz CT molecular complexity index is 411. The molecule has 70 valence electrons. The van der Waals surface area contributed by atoms with E-state index in [1.807, 2.05) is 6.07 Å². The molecule has 0 aliphatic rings. The third-order valence-corrected chi connectivity index (χ3v) is 1.54. The van der Waals surface area contributed by atoms with Crippen molar-refractivity contribution < 1.29 is 14.1 Å². The van der Waals surface area contributed by atoms with Crippen LogP contribution in [0.3, 0.4) is 0 Å². The number of aromatic nitrogens is 2. The Morgan fingerprint density at radius 2 is 2.07 bits per heavy atom. The summed E-state index contributed by atoms with van der Waals surface area (Å²) in [6.07, 6.45) is 1.22. The van der Waals surface area contributed by atoms with Gasteiger partial charge in [-0.2, -0.15) is 0 Å². The average Bonchev–Trinajstić information content (AvgIpc) is 2.72. The topological polar surface area (TPSA) is 65.2 Å². The van der Waals surface area contributed by atoms with E-state index in [9.17, 15) is 4.79 Å². The summed E-state index contributed by atoms with van der Waals surface area (Å²) < 4.78 is 9.33. The minimum atomic E-state index is -0.496. The molecule has 0 unspecified atom stereocenters. The molecule has 5 nitrogen and oxygen atoms in total. The highest BCUT2D eigenvalue weighted by molar-refractivity contribution is 5.90. The van der Waals surface area contributed by atoms with Crippen LogP contribution in [-0.4, -0.2) is 16.3 Å². The van der Waals surface area contributed by atoms with Gasteiger partial charge in [-0.15, -0.1) is 5.10 Å². The van der Waals surface area contributed by atoms with Crippen molar-refractivity contribution in [3.05, 3.63) is 42.1 Å². The summed E-state index contributed by atoms with van der Waals surface area (Å²) >= 11 is 0. The second-order valence-electron chi connectivity index (χ2n) is 2.49. The van der Waals surface area contributed by atoms with Crippen molar-refractivity contribution in [2.75, 3.05) is 0 Å². The van der Waals surface area contributed by atoms with Crippen LogP contribution in [0.4, 0.5) is 0 Å². The van der Waals surface area contributed by atoms with Gasteiger partial charge in [0.15, 0.2) is 0 Å². The zero-order valence-electron chi connectivity index (χ0n) is 7.08. The number of carbonyl (C=O) groups is 1. The molecule has 1 aromatic carbocycles. The molecule has 2 rings (SSSR count). The molecule has 2 aromatic rings. The molecule has 0 aliphatic carbocycles. The number of ether oxygens (including phenoxy) is 1. The quantitative estimate of drug-likeness (QED) is 0.667. The lowest BCUT2D eigenvalue weighted by Crippen LogP contribution is -2.07. The molecule has 5 heteroatoms. The number of rotatable bonds is 2. The first-order chi connectivity index (χ1) is 6.86. The van der Waals surface area contributed by atoms with E-state index in [2.05, 4.69) is 14.9 Å². The van der Waals surface area contributed by atoms with Gasteiger partial charge in [-0.1, -0.05) is 18.2 Å². The lowest BCUT2D eigenvalue weighted by molar-refractivity contribution is 0.0679. The molecule has 0 saturated heterocycles. The second kappa shape index (κ2) is 3.69. The summed E-state index contributed by atoms with van der Waals surface area (Å²) in [5, 5.41) is 6.54. The number of benzene rings is 1. The third-order valence-electron chi connectivity index (χ3n) is 1.54. The predicted octanol–water partition coefficient (Wildman–Crippen LogP) is 1.29. The van der Waals surface area contributed by atoms with Gasteiger partial charge < -0.3 is 4.74 Å². The van der Waals surface area contributed by atoms with Gasteiger partial charge in [-0.05, 0) is 12.1 Å². The Morgan fingerprint density at radius 3 is 2.71 bits per heavy atom. The van der Waals surface area contributed by atoms with Crippen molar-refractivity contribution in [1.82, 2.24) is 10.4 Å². The van der Waals surface area contributed by atoms with Crippen LogP contribution in [0.1, 0.15) is 10.4 Å². The SMILES string of the molecule is O=C(Oc1cnno1)c1ccccc1. The first-order valence-corrected chi connectivity index (χ1v) is 3.91. The van der Waals surface area contributed by atoms with Crippen molar-refractivity contribution in [2.24, 2.45) is 0 Å². The smallest absolute Gasteiger partial charge is 0.345 e. The normalized spacial score (nSPS) is 9.71. The maximum absolute atomic E-state index is 11.4. The third kappa shape index (κ3) is 1.77. The molecule has 0 radical (unpaired) electrons. The van der Waals surface area contributed by atoms with Gasteiger partial charge in [0.25, 0.3) is 0 Å². The van der Waals surface area contributed by atoms with Crippen LogP contribution in [0.25, 0.3) is 0 Å². The Morgan fingerprint density at radius 1 is 1.29 bits per heavy atom. The lowest BCUT2D eigenvalue weighted by atomic mass is 10.2.